The first-order valence-electron chi connectivity index (χ1n) is 10.2. The van der Waals surface area contributed by atoms with Gasteiger partial charge in [-0.3, -0.25) is 10.2 Å². The molecule has 3 N–H and O–H groups in total. The molecule has 1 saturated heterocycles. The Bertz CT molecular complexity index is 1170. The summed E-state index contributed by atoms with van der Waals surface area (Å²) in [5, 5.41) is 12.3. The lowest BCUT2D eigenvalue weighted by atomic mass is 9.78. The lowest BCUT2D eigenvalue weighted by Gasteiger charge is -2.32. The Morgan fingerprint density at radius 1 is 1.20 bits per heavy atom. The van der Waals surface area contributed by atoms with E-state index in [-0.39, 0.29) is 21.7 Å². The molecule has 1 aliphatic rings. The monoisotopic (exact) mass is 513 g/mol. The van der Waals surface area contributed by atoms with Crippen molar-refractivity contribution in [2.75, 3.05) is 10.7 Å². The van der Waals surface area contributed by atoms with Crippen LogP contribution in [-0.2, 0) is 15.5 Å². The van der Waals surface area contributed by atoms with Gasteiger partial charge in [0.1, 0.15) is 11.4 Å². The van der Waals surface area contributed by atoms with Crippen LogP contribution < -0.4 is 16.2 Å². The summed E-state index contributed by atoms with van der Waals surface area (Å²) in [4.78, 5) is 16.3. The fourth-order valence-electron chi connectivity index (χ4n) is 3.06. The topological polar surface area (TPSA) is 109 Å². The van der Waals surface area contributed by atoms with Gasteiger partial charge >= 0.3 is 13.3 Å². The number of hydrogen-bond donors (Lipinski definition) is 3. The van der Waals surface area contributed by atoms with Crippen molar-refractivity contribution in [1.29, 1.82) is 5.41 Å². The van der Waals surface area contributed by atoms with Crippen molar-refractivity contribution < 1.29 is 31.7 Å². The van der Waals surface area contributed by atoms with E-state index in [0.717, 1.165) is 24.7 Å². The molecule has 0 bridgehead atoms. The fourth-order valence-corrected chi connectivity index (χ4v) is 3.32. The molecule has 0 unspecified atom stereocenters. The SMILES string of the molecule is CC1(C)OB(c2cc(Cl)c(C(=O)Nc3cnc(N/N=C\C=N)c(C(F)(F)F)c3)cc2F)OC1(C)C. The number of benzene rings is 1. The van der Waals surface area contributed by atoms with Gasteiger partial charge in [-0.05, 0) is 45.9 Å². The summed E-state index contributed by atoms with van der Waals surface area (Å²) in [6, 6.07) is 2.68. The zero-order valence-corrected chi connectivity index (χ0v) is 19.8. The van der Waals surface area contributed by atoms with Crippen molar-refractivity contribution in [2.24, 2.45) is 5.10 Å². The lowest BCUT2D eigenvalue weighted by molar-refractivity contribution is -0.137. The van der Waals surface area contributed by atoms with Crippen molar-refractivity contribution >= 4 is 54.0 Å². The zero-order chi connectivity index (χ0) is 26.2. The van der Waals surface area contributed by atoms with Crippen LogP contribution in [0, 0.1) is 11.2 Å². The van der Waals surface area contributed by atoms with E-state index in [1.807, 2.05) is 0 Å². The molecule has 2 aromatic rings. The van der Waals surface area contributed by atoms with Gasteiger partial charge in [-0.1, -0.05) is 11.6 Å². The molecule has 0 atom stereocenters. The number of amides is 1. The van der Waals surface area contributed by atoms with Gasteiger partial charge in [0.2, 0.25) is 0 Å². The predicted octanol–water partition coefficient (Wildman–Crippen LogP) is 4.49. The summed E-state index contributed by atoms with van der Waals surface area (Å²) >= 11 is 6.20. The molecule has 1 aromatic carbocycles. The number of hydrazone groups is 1. The molecule has 1 fully saturated rings. The minimum absolute atomic E-state index is 0.0212. The molecule has 1 aliphatic heterocycles. The Labute approximate surface area is 203 Å². The normalized spacial score (nSPS) is 17.0. The molecule has 0 radical (unpaired) electrons. The first-order chi connectivity index (χ1) is 16.2. The van der Waals surface area contributed by atoms with Gasteiger partial charge < -0.3 is 20.0 Å². The molecule has 8 nitrogen and oxygen atoms in total. The van der Waals surface area contributed by atoms with Gasteiger partial charge in [-0.15, -0.1) is 0 Å². The summed E-state index contributed by atoms with van der Waals surface area (Å²) < 4.78 is 66.8. The van der Waals surface area contributed by atoms with Crippen LogP contribution in [0.2, 0.25) is 5.02 Å². The molecule has 2 heterocycles. The van der Waals surface area contributed by atoms with Crippen LogP contribution in [-0.4, -0.2) is 41.6 Å². The van der Waals surface area contributed by atoms with Gasteiger partial charge in [0.15, 0.2) is 5.82 Å². The highest BCUT2D eigenvalue weighted by Gasteiger charge is 2.52. The zero-order valence-electron chi connectivity index (χ0n) is 19.1. The maximum atomic E-state index is 14.9. The van der Waals surface area contributed by atoms with Crippen LogP contribution in [0.3, 0.4) is 0 Å². The minimum Gasteiger partial charge on any atom is -0.399 e. The number of halogens is 5. The number of pyridine rings is 1. The number of alkyl halides is 3. The Hall–Kier alpha value is -3.03. The quantitative estimate of drug-likeness (QED) is 0.228. The molecular weight excluding hydrogens is 493 g/mol. The minimum atomic E-state index is -4.83. The summed E-state index contributed by atoms with van der Waals surface area (Å²) in [5.41, 5.74) is -1.25. The smallest absolute Gasteiger partial charge is 0.399 e. The standard InChI is InChI=1S/C21H21BClF4N5O3/c1-19(2)20(3,4)35-22(34-19)14-9-15(23)12(8-16(14)24)18(33)31-11-7-13(21(25,26)27)17(29-10-11)32-30-6-5-28/h5-10,28H,1-4H3,(H,29,32)(H,31,33)/b28-5?,30-6-. The first-order valence-corrected chi connectivity index (χ1v) is 10.6. The Balaban J connectivity index is 1.86. The summed E-state index contributed by atoms with van der Waals surface area (Å²) in [5.74, 6) is -2.42. The van der Waals surface area contributed by atoms with Crippen molar-refractivity contribution in [3.05, 3.63) is 46.4 Å². The highest BCUT2D eigenvalue weighted by atomic mass is 35.5. The highest BCUT2D eigenvalue weighted by Crippen LogP contribution is 2.37. The second-order valence-corrected chi connectivity index (χ2v) is 8.98. The Morgan fingerprint density at radius 3 is 2.40 bits per heavy atom. The van der Waals surface area contributed by atoms with Crippen LogP contribution >= 0.6 is 11.6 Å². The fraction of sp³-hybridized carbons (Fsp3) is 0.333. The number of nitrogens with one attached hydrogen (secondary N) is 3. The van der Waals surface area contributed by atoms with E-state index in [1.165, 1.54) is 6.07 Å². The largest absolute Gasteiger partial charge is 0.497 e. The van der Waals surface area contributed by atoms with Crippen LogP contribution in [0.1, 0.15) is 43.6 Å². The van der Waals surface area contributed by atoms with E-state index in [0.29, 0.717) is 6.07 Å². The molecular formula is C21H21BClF4N5O3. The second-order valence-electron chi connectivity index (χ2n) is 8.57. The molecule has 1 amide bonds. The van der Waals surface area contributed by atoms with E-state index in [4.69, 9.17) is 26.3 Å². The molecule has 0 saturated carbocycles. The maximum Gasteiger partial charge on any atom is 0.497 e. The van der Waals surface area contributed by atoms with E-state index in [1.54, 1.807) is 27.7 Å². The molecule has 3 rings (SSSR count). The molecule has 186 valence electrons. The van der Waals surface area contributed by atoms with Crippen molar-refractivity contribution in [3.8, 4) is 0 Å². The van der Waals surface area contributed by atoms with Gasteiger partial charge in [0.25, 0.3) is 5.91 Å². The number of nitrogens with zero attached hydrogens (tertiary/aromatic N) is 2. The second kappa shape index (κ2) is 9.55. The number of carbonyl (C=O) groups excluding carboxylic acids is 1. The van der Waals surface area contributed by atoms with Crippen molar-refractivity contribution in [3.63, 3.8) is 0 Å². The maximum absolute atomic E-state index is 14.9. The third kappa shape index (κ3) is 5.63. The van der Waals surface area contributed by atoms with E-state index in [9.17, 15) is 22.4 Å². The summed E-state index contributed by atoms with van der Waals surface area (Å²) in [7, 11) is -1.07. The van der Waals surface area contributed by atoms with E-state index in [2.05, 4.69) is 20.8 Å². The number of carbonyl (C=O) groups is 1. The van der Waals surface area contributed by atoms with Crippen LogP contribution in [0.5, 0.6) is 0 Å². The van der Waals surface area contributed by atoms with Gasteiger partial charge in [-0.25, -0.2) is 9.37 Å². The summed E-state index contributed by atoms with van der Waals surface area (Å²) in [6.07, 6.45) is -2.19. The number of rotatable bonds is 6. The van der Waals surface area contributed by atoms with Gasteiger partial charge in [-0.2, -0.15) is 18.3 Å². The molecule has 1 aromatic heterocycles. The number of anilines is 2. The summed E-state index contributed by atoms with van der Waals surface area (Å²) in [6.45, 7) is 7.16. The lowest BCUT2D eigenvalue weighted by Crippen LogP contribution is -2.41. The van der Waals surface area contributed by atoms with E-state index < -0.39 is 47.6 Å². The highest BCUT2D eigenvalue weighted by molar-refractivity contribution is 6.62. The number of aromatic nitrogens is 1. The Morgan fingerprint density at radius 2 is 1.83 bits per heavy atom. The van der Waals surface area contributed by atoms with Crippen LogP contribution in [0.25, 0.3) is 0 Å². The average Bonchev–Trinajstić information content (AvgIpc) is 2.96. The van der Waals surface area contributed by atoms with Gasteiger partial charge in [0, 0.05) is 11.7 Å². The van der Waals surface area contributed by atoms with Crippen molar-refractivity contribution in [2.45, 2.75) is 45.1 Å². The third-order valence-electron chi connectivity index (χ3n) is 5.61. The van der Waals surface area contributed by atoms with Crippen molar-refractivity contribution in [1.82, 2.24) is 4.98 Å². The Kier molecular flexibility index (Phi) is 7.25. The predicted molar refractivity (Wildman–Crippen MR) is 125 cm³/mol. The van der Waals surface area contributed by atoms with Crippen LogP contribution in [0.4, 0.5) is 29.1 Å². The van der Waals surface area contributed by atoms with Crippen LogP contribution in [0.15, 0.2) is 29.5 Å². The van der Waals surface area contributed by atoms with E-state index >= 15 is 0 Å². The molecule has 35 heavy (non-hydrogen) atoms. The third-order valence-corrected chi connectivity index (χ3v) is 5.92. The molecule has 0 spiro atoms. The molecule has 14 heteroatoms. The number of hydrogen-bond acceptors (Lipinski definition) is 7. The first kappa shape index (κ1) is 26.6. The molecule has 0 aliphatic carbocycles. The average molecular weight is 514 g/mol. The van der Waals surface area contributed by atoms with Gasteiger partial charge in [0.05, 0.1) is 39.9 Å².